The van der Waals surface area contributed by atoms with Crippen LogP contribution < -0.4 is 9.64 Å². The van der Waals surface area contributed by atoms with E-state index < -0.39 is 23.8 Å². The van der Waals surface area contributed by atoms with Gasteiger partial charge in [-0.2, -0.15) is 0 Å². The molecule has 0 aromatic heterocycles. The normalized spacial score (nSPS) is 26.5. The van der Waals surface area contributed by atoms with Gasteiger partial charge in [-0.25, -0.2) is 4.90 Å². The van der Waals surface area contributed by atoms with Crippen molar-refractivity contribution in [2.24, 2.45) is 11.8 Å². The molecule has 0 spiro atoms. The summed E-state index contributed by atoms with van der Waals surface area (Å²) in [7, 11) is 1.47. The lowest BCUT2D eigenvalue weighted by atomic mass is 9.84. The Bertz CT molecular complexity index is 1130. The molecule has 7 heteroatoms. The van der Waals surface area contributed by atoms with Crippen molar-refractivity contribution in [1.29, 1.82) is 0 Å². The summed E-state index contributed by atoms with van der Waals surface area (Å²) >= 11 is 6.15. The summed E-state index contributed by atoms with van der Waals surface area (Å²) in [5.41, 5.74) is 2.24. The molecule has 0 N–H and O–H groups in total. The molecule has 3 aliphatic rings. The minimum absolute atomic E-state index is 0.141. The first-order valence-corrected chi connectivity index (χ1v) is 10.1. The van der Waals surface area contributed by atoms with Crippen LogP contribution in [0.2, 0.25) is 5.02 Å². The summed E-state index contributed by atoms with van der Waals surface area (Å²) in [5.74, 6) is -1.93. The molecule has 2 saturated heterocycles. The van der Waals surface area contributed by atoms with Crippen LogP contribution in [0.5, 0.6) is 5.75 Å². The lowest BCUT2D eigenvalue weighted by Gasteiger charge is -2.35. The highest BCUT2D eigenvalue weighted by atomic mass is 35.5. The number of Topliss-reactive ketones (excluding diaryl/α,β-unsaturated/α-hetero) is 1. The van der Waals surface area contributed by atoms with Crippen molar-refractivity contribution < 1.29 is 19.1 Å². The maximum absolute atomic E-state index is 13.7. The number of benzene rings is 2. The Labute approximate surface area is 178 Å². The highest BCUT2D eigenvalue weighted by Gasteiger charge is 2.64. The lowest BCUT2D eigenvalue weighted by molar-refractivity contribution is -0.129. The summed E-state index contributed by atoms with van der Waals surface area (Å²) in [6, 6.07) is 11.5. The Morgan fingerprint density at radius 2 is 1.80 bits per heavy atom. The van der Waals surface area contributed by atoms with Gasteiger partial charge < -0.3 is 9.64 Å². The Kier molecular flexibility index (Phi) is 4.22. The van der Waals surface area contributed by atoms with Crippen molar-refractivity contribution in [3.63, 3.8) is 0 Å². The number of anilines is 1. The Balaban J connectivity index is 1.67. The molecule has 3 heterocycles. The summed E-state index contributed by atoms with van der Waals surface area (Å²) < 4.78 is 5.38. The van der Waals surface area contributed by atoms with E-state index in [-0.39, 0.29) is 17.7 Å². The number of amides is 2. The Morgan fingerprint density at radius 3 is 2.53 bits per heavy atom. The van der Waals surface area contributed by atoms with Crippen LogP contribution in [0.3, 0.4) is 0 Å². The molecule has 6 nitrogen and oxygen atoms in total. The average Bonchev–Trinajstić information content (AvgIpc) is 3.21. The standard InChI is InChI=1S/C23H19ClN2O4/c1-12(27)20-18-19(21-15-6-4-3-5-13(15)9-10-25(20)21)23(29)26(22(18)28)16-11-14(24)7-8-17(16)30-2/h3-11,18-21H,1-2H3/t18-,19+,20+,21+/m1/s1. The van der Waals surface area contributed by atoms with Gasteiger partial charge in [0.15, 0.2) is 5.78 Å². The van der Waals surface area contributed by atoms with Gasteiger partial charge in [0, 0.05) is 11.2 Å². The van der Waals surface area contributed by atoms with Crippen LogP contribution in [-0.4, -0.2) is 35.6 Å². The van der Waals surface area contributed by atoms with E-state index in [1.807, 2.05) is 41.4 Å². The molecule has 4 atom stereocenters. The highest BCUT2D eigenvalue weighted by molar-refractivity contribution is 6.31. The maximum atomic E-state index is 13.7. The fraction of sp³-hybridized carbons (Fsp3) is 0.261. The van der Waals surface area contributed by atoms with Crippen LogP contribution in [-0.2, 0) is 14.4 Å². The van der Waals surface area contributed by atoms with Crippen molar-refractivity contribution in [1.82, 2.24) is 4.90 Å². The minimum Gasteiger partial charge on any atom is -0.495 e. The number of nitrogens with zero attached hydrogens (tertiary/aromatic N) is 2. The van der Waals surface area contributed by atoms with Crippen LogP contribution in [0.1, 0.15) is 24.1 Å². The summed E-state index contributed by atoms with van der Waals surface area (Å²) in [6.07, 6.45) is 3.76. The van der Waals surface area contributed by atoms with Crippen LogP contribution in [0.4, 0.5) is 5.69 Å². The van der Waals surface area contributed by atoms with Gasteiger partial charge in [-0.05, 0) is 42.3 Å². The van der Waals surface area contributed by atoms with E-state index in [0.717, 1.165) is 16.0 Å². The molecule has 0 aliphatic carbocycles. The van der Waals surface area contributed by atoms with Crippen molar-refractivity contribution in [2.45, 2.75) is 19.0 Å². The van der Waals surface area contributed by atoms with Crippen molar-refractivity contribution in [3.05, 3.63) is 64.8 Å². The Morgan fingerprint density at radius 1 is 1.07 bits per heavy atom. The van der Waals surface area contributed by atoms with E-state index in [4.69, 9.17) is 16.3 Å². The van der Waals surface area contributed by atoms with Crippen LogP contribution in [0.25, 0.3) is 6.08 Å². The minimum atomic E-state index is -0.764. The topological polar surface area (TPSA) is 66.9 Å². The molecular formula is C23H19ClN2O4. The second-order valence-electron chi connectivity index (χ2n) is 7.77. The van der Waals surface area contributed by atoms with Gasteiger partial charge in [-0.3, -0.25) is 14.4 Å². The number of carbonyl (C=O) groups is 3. The Hall–Kier alpha value is -3.12. The summed E-state index contributed by atoms with van der Waals surface area (Å²) in [4.78, 5) is 42.9. The van der Waals surface area contributed by atoms with E-state index in [0.29, 0.717) is 16.5 Å². The van der Waals surface area contributed by atoms with Gasteiger partial charge in [0.1, 0.15) is 5.75 Å². The second kappa shape index (κ2) is 6.71. The number of ketones is 1. The highest BCUT2D eigenvalue weighted by Crippen LogP contribution is 2.54. The SMILES string of the molecule is COc1ccc(Cl)cc1N1C(=O)[C@@H]2[C@H](C1=O)[C@@H]1c3ccccc3C=CN1[C@H]2C(C)=O. The lowest BCUT2D eigenvalue weighted by Crippen LogP contribution is -2.43. The van der Waals surface area contributed by atoms with Gasteiger partial charge >= 0.3 is 0 Å². The average molecular weight is 423 g/mol. The molecule has 2 fully saturated rings. The molecule has 0 saturated carbocycles. The fourth-order valence-corrected chi connectivity index (χ4v) is 5.26. The first kappa shape index (κ1) is 18.9. The molecule has 5 rings (SSSR count). The van der Waals surface area contributed by atoms with Crippen molar-refractivity contribution >= 4 is 41.0 Å². The third-order valence-electron chi connectivity index (χ3n) is 6.26. The molecule has 2 aromatic rings. The van der Waals surface area contributed by atoms with Gasteiger partial charge in [0.25, 0.3) is 0 Å². The number of methoxy groups -OCH3 is 1. The van der Waals surface area contributed by atoms with Crippen LogP contribution in [0, 0.1) is 11.8 Å². The van der Waals surface area contributed by atoms with Crippen molar-refractivity contribution in [2.75, 3.05) is 12.0 Å². The third kappa shape index (κ3) is 2.46. The predicted molar refractivity (Wildman–Crippen MR) is 112 cm³/mol. The fourth-order valence-electron chi connectivity index (χ4n) is 5.10. The number of ether oxygens (including phenoxy) is 1. The van der Waals surface area contributed by atoms with E-state index in [2.05, 4.69) is 0 Å². The van der Waals surface area contributed by atoms with Crippen molar-refractivity contribution in [3.8, 4) is 5.75 Å². The van der Waals surface area contributed by atoms with E-state index >= 15 is 0 Å². The smallest absolute Gasteiger partial charge is 0.240 e. The molecule has 3 aliphatic heterocycles. The van der Waals surface area contributed by atoms with Gasteiger partial charge in [0.05, 0.1) is 36.7 Å². The molecular weight excluding hydrogens is 404 g/mol. The van der Waals surface area contributed by atoms with Gasteiger partial charge in [-0.15, -0.1) is 0 Å². The number of hydrogen-bond acceptors (Lipinski definition) is 5. The maximum Gasteiger partial charge on any atom is 0.240 e. The quantitative estimate of drug-likeness (QED) is 0.709. The molecule has 2 aromatic carbocycles. The number of rotatable bonds is 3. The molecule has 2 amide bonds. The zero-order valence-corrected chi connectivity index (χ0v) is 17.2. The largest absolute Gasteiger partial charge is 0.495 e. The number of hydrogen-bond donors (Lipinski definition) is 0. The van der Waals surface area contributed by atoms with E-state index in [1.165, 1.54) is 14.0 Å². The molecule has 0 unspecified atom stereocenters. The van der Waals surface area contributed by atoms with Crippen LogP contribution in [0.15, 0.2) is 48.7 Å². The first-order chi connectivity index (χ1) is 14.4. The second-order valence-corrected chi connectivity index (χ2v) is 8.21. The third-order valence-corrected chi connectivity index (χ3v) is 6.49. The number of fused-ring (bicyclic) bond motifs is 5. The zero-order valence-electron chi connectivity index (χ0n) is 16.4. The summed E-state index contributed by atoms with van der Waals surface area (Å²) in [5, 5.41) is 0.388. The number of halogens is 1. The van der Waals surface area contributed by atoms with Gasteiger partial charge in [0.2, 0.25) is 11.8 Å². The van der Waals surface area contributed by atoms with Crippen LogP contribution >= 0.6 is 11.6 Å². The van der Waals surface area contributed by atoms with E-state index in [9.17, 15) is 14.4 Å². The predicted octanol–water partition coefficient (Wildman–Crippen LogP) is 3.45. The first-order valence-electron chi connectivity index (χ1n) is 9.70. The zero-order chi connectivity index (χ0) is 21.2. The molecule has 30 heavy (non-hydrogen) atoms. The van der Waals surface area contributed by atoms with E-state index in [1.54, 1.807) is 18.2 Å². The molecule has 0 radical (unpaired) electrons. The van der Waals surface area contributed by atoms with Gasteiger partial charge in [-0.1, -0.05) is 35.9 Å². The molecule has 152 valence electrons. The summed E-state index contributed by atoms with van der Waals surface area (Å²) in [6.45, 7) is 1.47. The monoisotopic (exact) mass is 422 g/mol. The number of carbonyl (C=O) groups excluding carboxylic acids is 3. The number of imide groups is 1. The molecule has 0 bridgehead atoms.